The summed E-state index contributed by atoms with van der Waals surface area (Å²) in [7, 11) is 0. The number of alkyl halides is 1. The van der Waals surface area contributed by atoms with Crippen molar-refractivity contribution >= 4 is 40.5 Å². The Morgan fingerprint density at radius 3 is 2.68 bits per heavy atom. The molecule has 0 spiro atoms. The van der Waals surface area contributed by atoms with E-state index in [0.717, 1.165) is 11.3 Å². The van der Waals surface area contributed by atoms with Crippen molar-refractivity contribution in [2.24, 2.45) is 5.92 Å². The predicted molar refractivity (Wildman–Crippen MR) is 71.1 cm³/mol. The van der Waals surface area contributed by atoms with Gasteiger partial charge in [-0.2, -0.15) is 0 Å². The second-order valence-corrected chi connectivity index (χ2v) is 5.43. The number of hydrogen-bond acceptors (Lipinski definition) is 4. The Balaban J connectivity index is 2.43. The maximum absolute atomic E-state index is 12.6. The molecule has 3 N–H and O–H groups in total. The van der Waals surface area contributed by atoms with Gasteiger partial charge in [-0.25, -0.2) is 4.79 Å². The van der Waals surface area contributed by atoms with Crippen molar-refractivity contribution in [1.29, 1.82) is 5.41 Å². The van der Waals surface area contributed by atoms with Crippen LogP contribution in [0.4, 0.5) is 4.39 Å². The average Bonchev–Trinajstić information content (AvgIpc) is 2.80. The fraction of sp³-hybridized carbons (Fsp3) is 0.364. The van der Waals surface area contributed by atoms with E-state index in [-0.39, 0.29) is 18.9 Å². The van der Waals surface area contributed by atoms with E-state index >= 15 is 0 Å². The van der Waals surface area contributed by atoms with Gasteiger partial charge in [0.2, 0.25) is 0 Å². The lowest BCUT2D eigenvalue weighted by Crippen LogP contribution is -2.30. The van der Waals surface area contributed by atoms with Crippen LogP contribution in [0.1, 0.15) is 16.1 Å². The Morgan fingerprint density at radius 1 is 1.53 bits per heavy atom. The molecular weight excluding hydrogens is 295 g/mol. The van der Waals surface area contributed by atoms with Gasteiger partial charge < -0.3 is 10.4 Å². The first-order valence-electron chi connectivity index (χ1n) is 5.37. The van der Waals surface area contributed by atoms with Crippen LogP contribution in [0.25, 0.3) is 0 Å². The molecule has 0 bridgehead atoms. The van der Waals surface area contributed by atoms with Gasteiger partial charge in [0.25, 0.3) is 5.91 Å². The number of nitrogens with one attached hydrogen (secondary N) is 2. The van der Waals surface area contributed by atoms with Crippen LogP contribution in [0.15, 0.2) is 12.1 Å². The Labute approximate surface area is 117 Å². The first kappa shape index (κ1) is 15.6. The van der Waals surface area contributed by atoms with Crippen LogP contribution in [0.2, 0.25) is 4.34 Å². The van der Waals surface area contributed by atoms with Gasteiger partial charge in [-0.05, 0) is 18.6 Å². The van der Waals surface area contributed by atoms with E-state index in [4.69, 9.17) is 22.1 Å². The summed E-state index contributed by atoms with van der Waals surface area (Å²) in [6.07, 6.45) is 0.0620. The van der Waals surface area contributed by atoms with E-state index in [1.54, 1.807) is 12.1 Å². The molecule has 0 aliphatic heterocycles. The highest BCUT2D eigenvalue weighted by Crippen LogP contribution is 2.21. The summed E-state index contributed by atoms with van der Waals surface area (Å²) in [5.74, 6) is -2.81. The summed E-state index contributed by atoms with van der Waals surface area (Å²) in [6.45, 7) is -0.843. The summed E-state index contributed by atoms with van der Waals surface area (Å²) in [5.41, 5.74) is -0.684. The van der Waals surface area contributed by atoms with Crippen LogP contribution in [0.5, 0.6) is 0 Å². The molecule has 0 saturated carbocycles. The third-order valence-electron chi connectivity index (χ3n) is 2.40. The van der Waals surface area contributed by atoms with Crippen LogP contribution in [-0.2, 0) is 4.79 Å². The highest BCUT2D eigenvalue weighted by Gasteiger charge is 2.20. The van der Waals surface area contributed by atoms with E-state index in [1.807, 2.05) is 0 Å². The standard InChI is InChI=1S/C11H12ClFN2O3S/c12-8-2-1-7(19-8)10(16)15-4-3-6(5-13)9(14)11(17)18/h1-2,6,14H,3-5H2,(H,15,16)(H,17,18)/t6-/m1/s1. The second kappa shape index (κ2) is 7.20. The van der Waals surface area contributed by atoms with Gasteiger partial charge in [-0.1, -0.05) is 11.6 Å². The number of hydrogen-bond donors (Lipinski definition) is 3. The van der Waals surface area contributed by atoms with Gasteiger partial charge in [0.05, 0.1) is 15.9 Å². The summed E-state index contributed by atoms with van der Waals surface area (Å²) >= 11 is 6.80. The fourth-order valence-corrected chi connectivity index (χ4v) is 2.32. The third-order valence-corrected chi connectivity index (χ3v) is 3.63. The van der Waals surface area contributed by atoms with Crippen LogP contribution in [-0.4, -0.2) is 35.9 Å². The van der Waals surface area contributed by atoms with Crippen molar-refractivity contribution in [2.75, 3.05) is 13.2 Å². The smallest absolute Gasteiger partial charge is 0.349 e. The number of rotatable bonds is 7. The van der Waals surface area contributed by atoms with E-state index in [1.165, 1.54) is 0 Å². The number of carbonyl (C=O) groups excluding carboxylic acids is 1. The quantitative estimate of drug-likeness (QED) is 0.675. The molecule has 0 aliphatic rings. The van der Waals surface area contributed by atoms with Gasteiger partial charge in [0.1, 0.15) is 5.71 Å². The maximum Gasteiger partial charge on any atom is 0.349 e. The number of halogens is 2. The lowest BCUT2D eigenvalue weighted by atomic mass is 10.0. The number of carboxylic acid groups (broad SMARTS) is 1. The van der Waals surface area contributed by atoms with Gasteiger partial charge in [-0.15, -0.1) is 11.3 Å². The SMILES string of the molecule is N=C(C(=O)O)[C@@H](CF)CCNC(=O)c1ccc(Cl)s1. The minimum Gasteiger partial charge on any atom is -0.477 e. The first-order chi connectivity index (χ1) is 8.95. The molecule has 1 amide bonds. The molecule has 1 atom stereocenters. The molecule has 8 heteroatoms. The van der Waals surface area contributed by atoms with E-state index in [0.29, 0.717) is 9.21 Å². The van der Waals surface area contributed by atoms with E-state index in [9.17, 15) is 14.0 Å². The Hall–Kier alpha value is -1.47. The summed E-state index contributed by atoms with van der Waals surface area (Å²) < 4.78 is 13.1. The summed E-state index contributed by atoms with van der Waals surface area (Å²) in [4.78, 5) is 22.6. The van der Waals surface area contributed by atoms with Crippen molar-refractivity contribution < 1.29 is 19.1 Å². The number of amides is 1. The maximum atomic E-state index is 12.6. The molecular formula is C11H12ClFN2O3S. The van der Waals surface area contributed by atoms with Gasteiger partial charge in [0, 0.05) is 12.5 Å². The average molecular weight is 307 g/mol. The zero-order chi connectivity index (χ0) is 14.4. The third kappa shape index (κ3) is 4.60. The number of thiophene rings is 1. The van der Waals surface area contributed by atoms with Crippen LogP contribution >= 0.6 is 22.9 Å². The van der Waals surface area contributed by atoms with E-state index in [2.05, 4.69) is 5.32 Å². The second-order valence-electron chi connectivity index (χ2n) is 3.72. The molecule has 0 saturated heterocycles. The molecule has 19 heavy (non-hydrogen) atoms. The predicted octanol–water partition coefficient (Wildman–Crippen LogP) is 2.21. The lowest BCUT2D eigenvalue weighted by molar-refractivity contribution is -0.129. The van der Waals surface area contributed by atoms with Gasteiger partial charge in [0.15, 0.2) is 0 Å². The Bertz CT molecular complexity index is 492. The van der Waals surface area contributed by atoms with Crippen molar-refractivity contribution in [3.63, 3.8) is 0 Å². The van der Waals surface area contributed by atoms with Crippen molar-refractivity contribution in [2.45, 2.75) is 6.42 Å². The van der Waals surface area contributed by atoms with Crippen LogP contribution in [0, 0.1) is 11.3 Å². The zero-order valence-electron chi connectivity index (χ0n) is 9.78. The number of aliphatic carboxylic acids is 1. The summed E-state index contributed by atoms with van der Waals surface area (Å²) in [5, 5.41) is 18.3. The van der Waals surface area contributed by atoms with Crippen molar-refractivity contribution in [3.05, 3.63) is 21.3 Å². The monoisotopic (exact) mass is 306 g/mol. The first-order valence-corrected chi connectivity index (χ1v) is 6.56. The Morgan fingerprint density at radius 2 is 2.21 bits per heavy atom. The number of carboxylic acids is 1. The molecule has 0 aliphatic carbocycles. The molecule has 1 aromatic heterocycles. The summed E-state index contributed by atoms with van der Waals surface area (Å²) in [6, 6.07) is 3.15. The van der Waals surface area contributed by atoms with E-state index < -0.39 is 24.3 Å². The zero-order valence-corrected chi connectivity index (χ0v) is 11.4. The largest absolute Gasteiger partial charge is 0.477 e. The van der Waals surface area contributed by atoms with Crippen LogP contribution < -0.4 is 5.32 Å². The topological polar surface area (TPSA) is 90.2 Å². The Kier molecular flexibility index (Phi) is 5.91. The molecule has 1 rings (SSSR count). The molecule has 0 radical (unpaired) electrons. The normalized spacial score (nSPS) is 11.9. The minimum atomic E-state index is -1.45. The minimum absolute atomic E-state index is 0.0620. The van der Waals surface area contributed by atoms with Crippen molar-refractivity contribution in [3.8, 4) is 0 Å². The molecule has 104 valence electrons. The molecule has 0 unspecified atom stereocenters. The number of carbonyl (C=O) groups is 2. The molecule has 0 fully saturated rings. The molecule has 5 nitrogen and oxygen atoms in total. The fourth-order valence-electron chi connectivity index (χ4n) is 1.36. The molecule has 0 aromatic carbocycles. The van der Waals surface area contributed by atoms with Crippen molar-refractivity contribution in [1.82, 2.24) is 5.32 Å². The highest BCUT2D eigenvalue weighted by atomic mass is 35.5. The highest BCUT2D eigenvalue weighted by molar-refractivity contribution is 7.17. The molecule has 1 heterocycles. The lowest BCUT2D eigenvalue weighted by Gasteiger charge is -2.11. The van der Waals surface area contributed by atoms with Gasteiger partial charge in [-0.3, -0.25) is 14.6 Å². The van der Waals surface area contributed by atoms with Gasteiger partial charge >= 0.3 is 5.97 Å². The molecule has 1 aromatic rings. The van der Waals surface area contributed by atoms with Crippen LogP contribution in [0.3, 0.4) is 0 Å².